The second kappa shape index (κ2) is 10.1. The molecule has 1 aromatic rings. The maximum atomic E-state index is 10.8. The number of aliphatic hydroxyl groups excluding tert-OH is 3. The van der Waals surface area contributed by atoms with E-state index < -0.39 is 5.41 Å². The van der Waals surface area contributed by atoms with E-state index in [0.717, 1.165) is 18.1 Å². The summed E-state index contributed by atoms with van der Waals surface area (Å²) in [5.41, 5.74) is 1.86. The van der Waals surface area contributed by atoms with Crippen LogP contribution in [0, 0.1) is 19.3 Å². The molecule has 0 heterocycles. The summed E-state index contributed by atoms with van der Waals surface area (Å²) in [6.45, 7) is 4.89. The summed E-state index contributed by atoms with van der Waals surface area (Å²) in [6.07, 6.45) is 2.10. The van der Waals surface area contributed by atoms with Crippen molar-refractivity contribution in [1.29, 1.82) is 0 Å². The lowest BCUT2D eigenvalue weighted by Gasteiger charge is -2.24. The highest BCUT2D eigenvalue weighted by atomic mass is 16.5. The van der Waals surface area contributed by atoms with Crippen LogP contribution in [-0.2, 0) is 0 Å². The van der Waals surface area contributed by atoms with Gasteiger partial charge in [-0.1, -0.05) is 6.92 Å². The number of ether oxygens (including phenoxy) is 1. The zero-order valence-corrected chi connectivity index (χ0v) is 14.1. The van der Waals surface area contributed by atoms with Crippen molar-refractivity contribution < 1.29 is 29.6 Å². The Morgan fingerprint density at radius 3 is 1.87 bits per heavy atom. The summed E-state index contributed by atoms with van der Waals surface area (Å²) in [6, 6.07) is 1.69. The predicted octanol–water partition coefficient (Wildman–Crippen LogP) is 1.30. The molecule has 0 bridgehead atoms. The van der Waals surface area contributed by atoms with Crippen molar-refractivity contribution in [3.63, 3.8) is 0 Å². The highest BCUT2D eigenvalue weighted by molar-refractivity contribution is 5.88. The van der Waals surface area contributed by atoms with Gasteiger partial charge in [0.05, 0.1) is 32.5 Å². The van der Waals surface area contributed by atoms with E-state index in [-0.39, 0.29) is 19.8 Å². The largest absolute Gasteiger partial charge is 0.496 e. The Balaban J connectivity index is 0.000000468. The van der Waals surface area contributed by atoms with Crippen molar-refractivity contribution in [2.75, 3.05) is 26.9 Å². The number of carbonyl (C=O) groups is 2. The van der Waals surface area contributed by atoms with E-state index in [2.05, 4.69) is 0 Å². The van der Waals surface area contributed by atoms with Crippen LogP contribution in [0.15, 0.2) is 6.07 Å². The number of hydrogen-bond acceptors (Lipinski definition) is 6. The number of methoxy groups -OCH3 is 1. The molecule has 23 heavy (non-hydrogen) atoms. The van der Waals surface area contributed by atoms with Gasteiger partial charge in [0.25, 0.3) is 0 Å². The van der Waals surface area contributed by atoms with Gasteiger partial charge < -0.3 is 20.1 Å². The van der Waals surface area contributed by atoms with E-state index in [9.17, 15) is 9.59 Å². The minimum Gasteiger partial charge on any atom is -0.496 e. The van der Waals surface area contributed by atoms with Gasteiger partial charge in [-0.15, -0.1) is 0 Å². The Morgan fingerprint density at radius 2 is 1.61 bits per heavy atom. The van der Waals surface area contributed by atoms with Gasteiger partial charge in [-0.2, -0.15) is 0 Å². The molecule has 0 atom stereocenters. The molecule has 0 saturated heterocycles. The van der Waals surface area contributed by atoms with Gasteiger partial charge in [0.15, 0.2) is 6.29 Å². The van der Waals surface area contributed by atoms with Crippen molar-refractivity contribution in [2.24, 2.45) is 5.41 Å². The van der Waals surface area contributed by atoms with E-state index in [1.54, 1.807) is 19.9 Å². The minimum atomic E-state index is -0.667. The highest BCUT2D eigenvalue weighted by Gasteiger charge is 2.24. The van der Waals surface area contributed by atoms with Crippen LogP contribution in [0.3, 0.4) is 0 Å². The molecule has 1 aromatic carbocycles. The Labute approximate surface area is 136 Å². The Kier molecular flexibility index (Phi) is 9.32. The smallest absolute Gasteiger partial charge is 0.154 e. The predicted molar refractivity (Wildman–Crippen MR) is 87.2 cm³/mol. The van der Waals surface area contributed by atoms with Crippen LogP contribution < -0.4 is 4.74 Å². The third kappa shape index (κ3) is 5.13. The molecule has 0 radical (unpaired) electrons. The Morgan fingerprint density at radius 1 is 1.09 bits per heavy atom. The van der Waals surface area contributed by atoms with Gasteiger partial charge in [-0.3, -0.25) is 9.59 Å². The van der Waals surface area contributed by atoms with E-state index in [1.807, 2.05) is 6.92 Å². The van der Waals surface area contributed by atoms with Gasteiger partial charge >= 0.3 is 0 Å². The second-order valence-corrected chi connectivity index (χ2v) is 5.42. The number of rotatable bonds is 7. The number of aliphatic hydroxyl groups is 3. The third-order valence-corrected chi connectivity index (χ3v) is 4.02. The summed E-state index contributed by atoms with van der Waals surface area (Å²) < 4.78 is 5.10. The zero-order chi connectivity index (χ0) is 18.0. The quantitative estimate of drug-likeness (QED) is 0.652. The van der Waals surface area contributed by atoms with Crippen LogP contribution in [0.25, 0.3) is 0 Å². The van der Waals surface area contributed by atoms with E-state index in [0.29, 0.717) is 28.9 Å². The molecule has 0 saturated carbocycles. The fourth-order valence-electron chi connectivity index (χ4n) is 1.95. The van der Waals surface area contributed by atoms with E-state index in [4.69, 9.17) is 20.1 Å². The van der Waals surface area contributed by atoms with Gasteiger partial charge in [-0.25, -0.2) is 0 Å². The fourth-order valence-corrected chi connectivity index (χ4v) is 1.95. The average molecular weight is 326 g/mol. The summed E-state index contributed by atoms with van der Waals surface area (Å²) in [7, 11) is 1.49. The lowest BCUT2D eigenvalue weighted by molar-refractivity contribution is 0.00304. The van der Waals surface area contributed by atoms with Crippen molar-refractivity contribution in [1.82, 2.24) is 0 Å². The lowest BCUT2D eigenvalue weighted by atomic mass is 9.88. The molecule has 0 aliphatic rings. The third-order valence-electron chi connectivity index (χ3n) is 4.02. The molecule has 0 fully saturated rings. The lowest BCUT2D eigenvalue weighted by Crippen LogP contribution is -2.32. The molecule has 0 amide bonds. The van der Waals surface area contributed by atoms with Crippen molar-refractivity contribution in [3.05, 3.63) is 28.3 Å². The average Bonchev–Trinajstić information content (AvgIpc) is 2.59. The first-order chi connectivity index (χ1) is 10.9. The van der Waals surface area contributed by atoms with Crippen LogP contribution in [-0.4, -0.2) is 54.8 Å². The van der Waals surface area contributed by atoms with Crippen molar-refractivity contribution in [3.8, 4) is 5.75 Å². The first-order valence-electron chi connectivity index (χ1n) is 7.31. The number of aryl methyl sites for hydroxylation is 1. The van der Waals surface area contributed by atoms with Gasteiger partial charge in [-0.05, 0) is 31.9 Å². The number of aldehydes is 2. The van der Waals surface area contributed by atoms with Gasteiger partial charge in [0, 0.05) is 16.5 Å². The second-order valence-electron chi connectivity index (χ2n) is 5.42. The maximum Gasteiger partial charge on any atom is 0.154 e. The van der Waals surface area contributed by atoms with Gasteiger partial charge in [0.2, 0.25) is 0 Å². The molecule has 130 valence electrons. The number of benzene rings is 1. The minimum absolute atomic E-state index is 0.156. The SMILES string of the molecule is CCC(CO)(CO)CO.COc1c(C)c(C=O)cc(C)c1C=O. The van der Waals surface area contributed by atoms with Crippen LogP contribution in [0.4, 0.5) is 0 Å². The Hall–Kier alpha value is -1.76. The molecule has 0 unspecified atom stereocenters. The molecule has 1 rings (SSSR count). The molecule has 0 aromatic heterocycles. The molecule has 0 spiro atoms. The van der Waals surface area contributed by atoms with Crippen LogP contribution in [0.5, 0.6) is 5.75 Å². The normalized spacial score (nSPS) is 10.6. The van der Waals surface area contributed by atoms with Crippen LogP contribution in [0.2, 0.25) is 0 Å². The van der Waals surface area contributed by atoms with Crippen LogP contribution >= 0.6 is 0 Å². The highest BCUT2D eigenvalue weighted by Crippen LogP contribution is 2.27. The summed E-state index contributed by atoms with van der Waals surface area (Å²) in [5.74, 6) is 0.488. The monoisotopic (exact) mass is 326 g/mol. The molecule has 6 nitrogen and oxygen atoms in total. The topological polar surface area (TPSA) is 104 Å². The van der Waals surface area contributed by atoms with Crippen molar-refractivity contribution >= 4 is 12.6 Å². The van der Waals surface area contributed by atoms with E-state index in [1.165, 1.54) is 7.11 Å². The molecule has 0 aliphatic carbocycles. The molecule has 6 heteroatoms. The fraction of sp³-hybridized carbons (Fsp3) is 0.529. The van der Waals surface area contributed by atoms with Crippen molar-refractivity contribution in [2.45, 2.75) is 27.2 Å². The first-order valence-corrected chi connectivity index (χ1v) is 7.31. The molecular weight excluding hydrogens is 300 g/mol. The summed E-state index contributed by atoms with van der Waals surface area (Å²) >= 11 is 0. The maximum absolute atomic E-state index is 10.8. The molecular formula is C17H26O6. The molecule has 0 aliphatic heterocycles. The summed E-state index contributed by atoms with van der Waals surface area (Å²) in [4.78, 5) is 21.5. The Bertz CT molecular complexity index is 503. The summed E-state index contributed by atoms with van der Waals surface area (Å²) in [5, 5.41) is 26.0. The number of hydrogen-bond donors (Lipinski definition) is 3. The molecule has 3 N–H and O–H groups in total. The standard InChI is InChI=1S/C11H12O3.C6H14O3/c1-7-4-9(5-12)8(2)11(14-3)10(7)6-13;1-2-6(3-7,4-8)5-9/h4-6H,1-3H3;7-9H,2-5H2,1H3. The number of carbonyl (C=O) groups excluding carboxylic acids is 2. The van der Waals surface area contributed by atoms with Gasteiger partial charge in [0.1, 0.15) is 12.0 Å². The van der Waals surface area contributed by atoms with E-state index >= 15 is 0 Å². The first kappa shape index (κ1) is 21.2. The zero-order valence-electron chi connectivity index (χ0n) is 14.1. The van der Waals surface area contributed by atoms with Crippen LogP contribution in [0.1, 0.15) is 45.2 Å².